The third-order valence-corrected chi connectivity index (χ3v) is 3.09. The van der Waals surface area contributed by atoms with Gasteiger partial charge >= 0.3 is 0 Å². The molecule has 0 saturated heterocycles. The van der Waals surface area contributed by atoms with E-state index in [-0.39, 0.29) is 0 Å². The Balaban J connectivity index is 0.000000461. The van der Waals surface area contributed by atoms with Gasteiger partial charge in [0.1, 0.15) is 0 Å². The molecule has 0 atom stereocenters. The first kappa shape index (κ1) is 11.2. The first-order valence-electron chi connectivity index (χ1n) is 3.95. The Bertz CT molecular complexity index is 191. The van der Waals surface area contributed by atoms with Crippen LogP contribution in [0.25, 0.3) is 0 Å². The number of thiophene rings is 1. The van der Waals surface area contributed by atoms with Crippen LogP contribution >= 0.6 is 27.3 Å². The van der Waals surface area contributed by atoms with Crippen LogP contribution in [-0.4, -0.2) is 0 Å². The van der Waals surface area contributed by atoms with Gasteiger partial charge in [-0.1, -0.05) is 27.7 Å². The molecule has 0 nitrogen and oxygen atoms in total. The van der Waals surface area contributed by atoms with E-state index >= 15 is 0 Å². The highest BCUT2D eigenvalue weighted by molar-refractivity contribution is 9.11. The lowest BCUT2D eigenvalue weighted by Crippen LogP contribution is -1.77. The van der Waals surface area contributed by atoms with Gasteiger partial charge in [0.15, 0.2) is 0 Å². The zero-order valence-electron chi connectivity index (χ0n) is 7.52. The Morgan fingerprint density at radius 2 is 1.82 bits per heavy atom. The molecule has 0 aromatic carbocycles. The van der Waals surface area contributed by atoms with Gasteiger partial charge < -0.3 is 0 Å². The Hall–Kier alpha value is 0.180. The number of rotatable bonds is 1. The summed E-state index contributed by atoms with van der Waals surface area (Å²) in [6.07, 6.45) is 0. The molecule has 0 bridgehead atoms. The van der Waals surface area contributed by atoms with Crippen molar-refractivity contribution in [3.05, 3.63) is 20.8 Å². The van der Waals surface area contributed by atoms with E-state index in [2.05, 4.69) is 41.9 Å². The zero-order valence-corrected chi connectivity index (χ0v) is 9.92. The van der Waals surface area contributed by atoms with Gasteiger partial charge in [-0.05, 0) is 34.0 Å². The second kappa shape index (κ2) is 5.78. The molecule has 2 heteroatoms. The summed E-state index contributed by atoms with van der Waals surface area (Å²) in [6, 6.07) is 4.26. The third kappa shape index (κ3) is 3.92. The maximum Gasteiger partial charge on any atom is 0.0701 e. The predicted molar refractivity (Wildman–Crippen MR) is 57.5 cm³/mol. The van der Waals surface area contributed by atoms with E-state index in [0.29, 0.717) is 5.92 Å². The quantitative estimate of drug-likeness (QED) is 0.664. The predicted octanol–water partition coefficient (Wildman–Crippen LogP) is 4.66. The van der Waals surface area contributed by atoms with Crippen molar-refractivity contribution < 1.29 is 0 Å². The normalized spacial score (nSPS) is 9.27. The molecule has 1 rings (SSSR count). The lowest BCUT2D eigenvalue weighted by atomic mass is 10.2. The van der Waals surface area contributed by atoms with Crippen LogP contribution in [0.4, 0.5) is 0 Å². The highest BCUT2D eigenvalue weighted by atomic mass is 79.9. The maximum absolute atomic E-state index is 3.42. The van der Waals surface area contributed by atoms with E-state index in [1.165, 1.54) is 8.66 Å². The standard InChI is InChI=1S/C7H9BrS.C2H6/c1-5(2)6-3-4-7(8)9-6;1-2/h3-5H,1-2H3;1-2H3. The number of hydrogen-bond donors (Lipinski definition) is 0. The molecule has 0 N–H and O–H groups in total. The summed E-state index contributed by atoms with van der Waals surface area (Å²) in [5, 5.41) is 0. The summed E-state index contributed by atoms with van der Waals surface area (Å²) >= 11 is 5.23. The SMILES string of the molecule is CC.CC(C)c1ccc(Br)s1. The van der Waals surface area contributed by atoms with Crippen molar-refractivity contribution in [2.45, 2.75) is 33.6 Å². The molecule has 64 valence electrons. The van der Waals surface area contributed by atoms with Crippen molar-refractivity contribution in [1.82, 2.24) is 0 Å². The lowest BCUT2D eigenvalue weighted by Gasteiger charge is -1.95. The van der Waals surface area contributed by atoms with E-state index in [1.54, 1.807) is 0 Å². The highest BCUT2D eigenvalue weighted by Gasteiger charge is 2.00. The molecule has 1 aromatic heterocycles. The van der Waals surface area contributed by atoms with E-state index in [9.17, 15) is 0 Å². The maximum atomic E-state index is 3.42. The van der Waals surface area contributed by atoms with Crippen LogP contribution < -0.4 is 0 Å². The lowest BCUT2D eigenvalue weighted by molar-refractivity contribution is 0.890. The van der Waals surface area contributed by atoms with Crippen LogP contribution in [0, 0.1) is 0 Å². The van der Waals surface area contributed by atoms with E-state index in [0.717, 1.165) is 0 Å². The van der Waals surface area contributed by atoms with Crippen molar-refractivity contribution in [2.24, 2.45) is 0 Å². The second-order valence-corrected chi connectivity index (χ2v) is 4.79. The minimum atomic E-state index is 0.668. The Kier molecular flexibility index (Phi) is 5.88. The fourth-order valence-corrected chi connectivity index (χ4v) is 2.06. The summed E-state index contributed by atoms with van der Waals surface area (Å²) < 4.78 is 1.23. The zero-order chi connectivity index (χ0) is 8.85. The summed E-state index contributed by atoms with van der Waals surface area (Å²) in [5.74, 6) is 0.668. The van der Waals surface area contributed by atoms with Crippen LogP contribution in [0.1, 0.15) is 38.5 Å². The first-order valence-corrected chi connectivity index (χ1v) is 5.56. The average molecular weight is 235 g/mol. The van der Waals surface area contributed by atoms with Gasteiger partial charge in [0.05, 0.1) is 3.79 Å². The van der Waals surface area contributed by atoms with Crippen LogP contribution in [0.5, 0.6) is 0 Å². The van der Waals surface area contributed by atoms with Gasteiger partial charge in [-0.15, -0.1) is 11.3 Å². The number of hydrogen-bond acceptors (Lipinski definition) is 1. The van der Waals surface area contributed by atoms with E-state index in [1.807, 2.05) is 25.2 Å². The second-order valence-electron chi connectivity index (χ2n) is 2.30. The fraction of sp³-hybridized carbons (Fsp3) is 0.556. The summed E-state index contributed by atoms with van der Waals surface area (Å²) in [5.41, 5.74) is 0. The first-order chi connectivity index (χ1) is 5.20. The Morgan fingerprint density at radius 3 is 2.00 bits per heavy atom. The van der Waals surface area contributed by atoms with Crippen molar-refractivity contribution in [2.75, 3.05) is 0 Å². The Morgan fingerprint density at radius 1 is 1.27 bits per heavy atom. The van der Waals surface area contributed by atoms with Gasteiger partial charge in [0, 0.05) is 4.88 Å². The van der Waals surface area contributed by atoms with Crippen LogP contribution in [-0.2, 0) is 0 Å². The fourth-order valence-electron chi connectivity index (χ4n) is 0.639. The molecular weight excluding hydrogens is 220 g/mol. The van der Waals surface area contributed by atoms with Gasteiger partial charge in [0.25, 0.3) is 0 Å². The van der Waals surface area contributed by atoms with Crippen molar-refractivity contribution in [1.29, 1.82) is 0 Å². The third-order valence-electron chi connectivity index (χ3n) is 1.16. The minimum absolute atomic E-state index is 0.668. The summed E-state index contributed by atoms with van der Waals surface area (Å²) in [4.78, 5) is 1.45. The van der Waals surface area contributed by atoms with Crippen molar-refractivity contribution >= 4 is 27.3 Å². The molecule has 0 aliphatic rings. The molecule has 0 aliphatic carbocycles. The molecule has 1 aromatic rings. The summed E-state index contributed by atoms with van der Waals surface area (Å²) in [6.45, 7) is 8.41. The van der Waals surface area contributed by atoms with Crippen LogP contribution in [0.3, 0.4) is 0 Å². The van der Waals surface area contributed by atoms with Crippen molar-refractivity contribution in [3.8, 4) is 0 Å². The molecule has 0 fully saturated rings. The molecule has 0 spiro atoms. The Labute approximate surface area is 81.8 Å². The monoisotopic (exact) mass is 234 g/mol. The molecule has 0 radical (unpaired) electrons. The summed E-state index contributed by atoms with van der Waals surface area (Å²) in [7, 11) is 0. The topological polar surface area (TPSA) is 0 Å². The van der Waals surface area contributed by atoms with Crippen LogP contribution in [0.2, 0.25) is 0 Å². The molecule has 1 heterocycles. The highest BCUT2D eigenvalue weighted by Crippen LogP contribution is 2.27. The molecule has 0 amide bonds. The number of halogens is 1. The molecule has 0 saturated carbocycles. The van der Waals surface area contributed by atoms with Gasteiger partial charge in [-0.25, -0.2) is 0 Å². The van der Waals surface area contributed by atoms with Crippen LogP contribution in [0.15, 0.2) is 15.9 Å². The van der Waals surface area contributed by atoms with E-state index in [4.69, 9.17) is 0 Å². The average Bonchev–Trinajstić information content (AvgIpc) is 2.40. The van der Waals surface area contributed by atoms with Gasteiger partial charge in [-0.3, -0.25) is 0 Å². The smallest absolute Gasteiger partial charge is 0.0701 e. The van der Waals surface area contributed by atoms with Gasteiger partial charge in [-0.2, -0.15) is 0 Å². The minimum Gasteiger partial charge on any atom is -0.133 e. The molecule has 0 unspecified atom stereocenters. The molecular formula is C9H15BrS. The molecule has 11 heavy (non-hydrogen) atoms. The van der Waals surface area contributed by atoms with Gasteiger partial charge in [0.2, 0.25) is 0 Å². The largest absolute Gasteiger partial charge is 0.133 e. The van der Waals surface area contributed by atoms with Crippen molar-refractivity contribution in [3.63, 3.8) is 0 Å². The van der Waals surface area contributed by atoms with E-state index < -0.39 is 0 Å². The molecule has 0 aliphatic heterocycles.